The minimum absolute atomic E-state index is 0.0364. The Kier molecular flexibility index (Phi) is 6.28. The molecule has 0 aromatic heterocycles. The van der Waals surface area contributed by atoms with Crippen LogP contribution in [0.4, 0.5) is 0 Å². The molecule has 2 saturated carbocycles. The first-order chi connectivity index (χ1) is 14.5. The Hall–Kier alpha value is -2.29. The number of carbonyl (C=O) groups excluding carboxylic acids is 3. The number of carbonyl (C=O) groups is 3. The normalized spacial score (nSPS) is 36.4. The van der Waals surface area contributed by atoms with Crippen LogP contribution in [0.3, 0.4) is 0 Å². The van der Waals surface area contributed by atoms with Crippen LogP contribution in [-0.4, -0.2) is 37.2 Å². The van der Waals surface area contributed by atoms with Gasteiger partial charge in [0.2, 0.25) is 0 Å². The summed E-state index contributed by atoms with van der Waals surface area (Å²) >= 11 is 0. The van der Waals surface area contributed by atoms with E-state index in [1.165, 1.54) is 21.0 Å². The van der Waals surface area contributed by atoms with Gasteiger partial charge < -0.3 is 14.2 Å². The molecule has 170 valence electrons. The average molecular weight is 431 g/mol. The molecule has 0 radical (unpaired) electrons. The van der Waals surface area contributed by atoms with Gasteiger partial charge in [-0.3, -0.25) is 9.59 Å². The highest BCUT2D eigenvalue weighted by Crippen LogP contribution is 2.65. The van der Waals surface area contributed by atoms with Crippen molar-refractivity contribution in [3.63, 3.8) is 0 Å². The second-order valence-electron chi connectivity index (χ2n) is 10.2. The van der Waals surface area contributed by atoms with Gasteiger partial charge in [-0.05, 0) is 48.3 Å². The quantitative estimate of drug-likeness (QED) is 0.385. The van der Waals surface area contributed by atoms with Crippen LogP contribution < -0.4 is 0 Å². The summed E-state index contributed by atoms with van der Waals surface area (Å²) in [6.45, 7) is 9.56. The fourth-order valence-corrected chi connectivity index (χ4v) is 6.92. The van der Waals surface area contributed by atoms with Gasteiger partial charge in [-0.1, -0.05) is 33.1 Å². The van der Waals surface area contributed by atoms with Crippen molar-refractivity contribution in [2.24, 2.45) is 28.6 Å². The first-order valence-corrected chi connectivity index (χ1v) is 11.1. The zero-order chi connectivity index (χ0) is 23.1. The molecule has 0 aromatic carbocycles. The van der Waals surface area contributed by atoms with Crippen molar-refractivity contribution in [2.45, 2.75) is 78.9 Å². The van der Waals surface area contributed by atoms with Crippen molar-refractivity contribution >= 4 is 17.9 Å². The Morgan fingerprint density at radius 2 is 1.68 bits per heavy atom. The van der Waals surface area contributed by atoms with Crippen molar-refractivity contribution in [2.75, 3.05) is 7.11 Å². The van der Waals surface area contributed by atoms with Crippen molar-refractivity contribution < 1.29 is 28.6 Å². The predicted molar refractivity (Wildman–Crippen MR) is 114 cm³/mol. The molecule has 0 aromatic rings. The van der Waals surface area contributed by atoms with E-state index in [0.29, 0.717) is 29.9 Å². The van der Waals surface area contributed by atoms with Crippen LogP contribution in [0.15, 0.2) is 11.1 Å². The smallest absolute Gasteiger partial charge is 0.335 e. The van der Waals surface area contributed by atoms with Gasteiger partial charge >= 0.3 is 17.9 Å². The van der Waals surface area contributed by atoms with E-state index in [1.54, 1.807) is 0 Å². The van der Waals surface area contributed by atoms with Crippen LogP contribution in [0.25, 0.3) is 0 Å². The third-order valence-corrected chi connectivity index (χ3v) is 8.02. The largest absolute Gasteiger partial charge is 0.466 e. The number of hydrogen-bond acceptors (Lipinski definition) is 6. The number of methoxy groups -OCH3 is 1. The van der Waals surface area contributed by atoms with Gasteiger partial charge in [0.25, 0.3) is 0 Å². The summed E-state index contributed by atoms with van der Waals surface area (Å²) in [6, 6.07) is 0. The second-order valence-corrected chi connectivity index (χ2v) is 10.2. The van der Waals surface area contributed by atoms with Crippen molar-refractivity contribution in [1.29, 1.82) is 0 Å². The van der Waals surface area contributed by atoms with Crippen LogP contribution >= 0.6 is 0 Å². The Morgan fingerprint density at radius 3 is 2.23 bits per heavy atom. The molecule has 0 N–H and O–H groups in total. The minimum atomic E-state index is -0.684. The summed E-state index contributed by atoms with van der Waals surface area (Å²) in [7, 11) is 1.31. The lowest BCUT2D eigenvalue weighted by molar-refractivity contribution is -0.181. The topological polar surface area (TPSA) is 78.9 Å². The lowest BCUT2D eigenvalue weighted by atomic mass is 9.43. The summed E-state index contributed by atoms with van der Waals surface area (Å²) in [4.78, 5) is 36.9. The fraction of sp³-hybridized carbons (Fsp3) is 0.720. The van der Waals surface area contributed by atoms with Crippen LogP contribution in [0, 0.1) is 40.9 Å². The monoisotopic (exact) mass is 430 g/mol. The van der Waals surface area contributed by atoms with Gasteiger partial charge in [0.15, 0.2) is 0 Å². The number of ether oxygens (including phenoxy) is 3. The number of esters is 3. The molecule has 0 saturated heterocycles. The first kappa shape index (κ1) is 23.4. The zero-order valence-corrected chi connectivity index (χ0v) is 19.4. The van der Waals surface area contributed by atoms with Gasteiger partial charge in [-0.2, -0.15) is 0 Å². The molecule has 2 fully saturated rings. The molecule has 0 unspecified atom stereocenters. The van der Waals surface area contributed by atoms with Gasteiger partial charge in [0.1, 0.15) is 12.2 Å². The maximum atomic E-state index is 13.0. The third-order valence-electron chi connectivity index (χ3n) is 8.02. The zero-order valence-electron chi connectivity index (χ0n) is 19.4. The molecule has 0 spiro atoms. The molecule has 0 amide bonds. The molecule has 3 aliphatic carbocycles. The van der Waals surface area contributed by atoms with Crippen molar-refractivity contribution in [3.05, 3.63) is 11.1 Å². The Morgan fingerprint density at radius 1 is 1.03 bits per heavy atom. The molecular formula is C25H34O6. The van der Waals surface area contributed by atoms with E-state index in [4.69, 9.17) is 20.6 Å². The molecule has 31 heavy (non-hydrogen) atoms. The van der Waals surface area contributed by atoms with Gasteiger partial charge in [-0.15, -0.1) is 6.42 Å². The van der Waals surface area contributed by atoms with Gasteiger partial charge in [0, 0.05) is 19.8 Å². The lowest BCUT2D eigenvalue weighted by Crippen LogP contribution is -2.59. The number of fused-ring (bicyclic) bond motifs is 3. The van der Waals surface area contributed by atoms with E-state index < -0.39 is 24.1 Å². The highest BCUT2D eigenvalue weighted by Gasteiger charge is 2.62. The van der Waals surface area contributed by atoms with Crippen LogP contribution in [-0.2, 0) is 28.6 Å². The summed E-state index contributed by atoms with van der Waals surface area (Å²) in [5.41, 5.74) is 0.606. The van der Waals surface area contributed by atoms with E-state index in [1.807, 2.05) is 0 Å². The van der Waals surface area contributed by atoms with Crippen molar-refractivity contribution in [3.8, 4) is 12.3 Å². The molecular weight excluding hydrogens is 396 g/mol. The van der Waals surface area contributed by atoms with Gasteiger partial charge in [-0.25, -0.2) is 4.79 Å². The fourth-order valence-electron chi connectivity index (χ4n) is 6.92. The Labute approximate surface area is 185 Å². The van der Waals surface area contributed by atoms with Crippen molar-refractivity contribution in [1.82, 2.24) is 0 Å². The third kappa shape index (κ3) is 4.00. The second kappa shape index (κ2) is 8.33. The van der Waals surface area contributed by atoms with E-state index in [2.05, 4.69) is 26.7 Å². The van der Waals surface area contributed by atoms with E-state index in [-0.39, 0.29) is 28.6 Å². The lowest BCUT2D eigenvalue weighted by Gasteiger charge is -2.62. The summed E-state index contributed by atoms with van der Waals surface area (Å²) < 4.78 is 16.5. The summed E-state index contributed by atoms with van der Waals surface area (Å²) in [5.74, 6) is 1.09. The SMILES string of the molecule is C#CC1=C(C(=O)OC)[C@@H]2[C@@H](OC(C)=O)C[C@H]3C(C)(C)CCC[C@]3(C)[C@H]2C[C@H]1OC(C)=O. The molecule has 6 atom stereocenters. The Balaban J connectivity index is 2.22. The highest BCUT2D eigenvalue weighted by molar-refractivity contribution is 5.92. The molecule has 0 heterocycles. The number of rotatable bonds is 3. The molecule has 0 bridgehead atoms. The molecule has 3 rings (SSSR count). The average Bonchev–Trinajstić information content (AvgIpc) is 2.67. The molecule has 6 heteroatoms. The molecule has 0 aliphatic heterocycles. The van der Waals surface area contributed by atoms with Gasteiger partial charge in [0.05, 0.1) is 18.3 Å². The summed E-state index contributed by atoms with van der Waals surface area (Å²) in [5, 5.41) is 0. The number of terminal acetylenes is 1. The van der Waals surface area contributed by atoms with E-state index in [9.17, 15) is 14.4 Å². The van der Waals surface area contributed by atoms with Crippen LogP contribution in [0.1, 0.15) is 66.7 Å². The van der Waals surface area contributed by atoms with Crippen LogP contribution in [0.2, 0.25) is 0 Å². The minimum Gasteiger partial charge on any atom is -0.466 e. The predicted octanol–water partition coefficient (Wildman–Crippen LogP) is 3.83. The maximum absolute atomic E-state index is 13.0. The van der Waals surface area contributed by atoms with E-state index in [0.717, 1.165) is 19.3 Å². The highest BCUT2D eigenvalue weighted by atomic mass is 16.6. The maximum Gasteiger partial charge on any atom is 0.335 e. The molecule has 3 aliphatic rings. The number of hydrogen-bond donors (Lipinski definition) is 0. The first-order valence-electron chi connectivity index (χ1n) is 11.1. The summed E-state index contributed by atoms with van der Waals surface area (Å²) in [6.07, 6.45) is 9.01. The standard InChI is InChI=1S/C25H34O6/c1-8-16-18(30-14(2)26)12-17-22(21(16)23(28)29-7)19(31-15(3)27)13-20-24(4,5)10-9-11-25(17,20)6/h1,17-20,22H,9-13H2,2-7H3/t17-,18+,19-,20-,22-,25+/m0/s1. The van der Waals surface area contributed by atoms with E-state index >= 15 is 0 Å². The molecule has 6 nitrogen and oxygen atoms in total. The Bertz CT molecular complexity index is 847. The van der Waals surface area contributed by atoms with Crippen LogP contribution in [0.5, 0.6) is 0 Å².